The molecule has 1 atom stereocenters. The van der Waals surface area contributed by atoms with Crippen LogP contribution < -0.4 is 4.74 Å². The molecule has 3 nitrogen and oxygen atoms in total. The molecule has 0 amide bonds. The Morgan fingerprint density at radius 1 is 1.26 bits per heavy atom. The third-order valence-corrected chi connectivity index (χ3v) is 5.36. The van der Waals surface area contributed by atoms with Gasteiger partial charge in [0.25, 0.3) is 0 Å². The highest BCUT2D eigenvalue weighted by Crippen LogP contribution is 2.46. The molecule has 130 valence electrons. The van der Waals surface area contributed by atoms with Crippen molar-refractivity contribution in [3.63, 3.8) is 0 Å². The van der Waals surface area contributed by atoms with Gasteiger partial charge in [-0.15, -0.1) is 0 Å². The Labute approximate surface area is 140 Å². The molecule has 1 aromatic carbocycles. The van der Waals surface area contributed by atoms with E-state index in [-0.39, 0.29) is 12.2 Å². The Bertz CT molecular complexity index is 534. The van der Waals surface area contributed by atoms with E-state index < -0.39 is 0 Å². The third kappa shape index (κ3) is 3.65. The van der Waals surface area contributed by atoms with Gasteiger partial charge in [0, 0.05) is 17.7 Å². The molecule has 0 fully saturated rings. The molecule has 0 aliphatic carbocycles. The fourth-order valence-corrected chi connectivity index (χ4v) is 3.90. The van der Waals surface area contributed by atoms with Crippen LogP contribution in [-0.4, -0.2) is 22.4 Å². The van der Waals surface area contributed by atoms with E-state index in [4.69, 9.17) is 9.84 Å². The van der Waals surface area contributed by atoms with Crippen LogP contribution in [-0.2, 0) is 12.8 Å². The smallest absolute Gasteiger partial charge is 0.127 e. The minimum absolute atomic E-state index is 0.209. The van der Waals surface area contributed by atoms with E-state index in [0.717, 1.165) is 61.8 Å². The summed E-state index contributed by atoms with van der Waals surface area (Å²) in [4.78, 5) is 0. The Hall–Kier alpha value is -1.22. The second-order valence-electron chi connectivity index (χ2n) is 7.02. The van der Waals surface area contributed by atoms with E-state index in [1.54, 1.807) is 0 Å². The predicted molar refractivity (Wildman–Crippen MR) is 94.5 cm³/mol. The van der Waals surface area contributed by atoms with Crippen molar-refractivity contribution in [3.8, 4) is 11.5 Å². The molecule has 0 saturated heterocycles. The van der Waals surface area contributed by atoms with Crippen molar-refractivity contribution in [2.75, 3.05) is 6.61 Å². The van der Waals surface area contributed by atoms with Gasteiger partial charge in [-0.25, -0.2) is 0 Å². The molecule has 1 aliphatic heterocycles. The topological polar surface area (TPSA) is 49.7 Å². The van der Waals surface area contributed by atoms with Crippen LogP contribution in [0.1, 0.15) is 82.4 Å². The molecule has 2 rings (SSSR count). The number of rotatable bonds is 7. The Kier molecular flexibility index (Phi) is 5.96. The monoisotopic (exact) mass is 320 g/mol. The van der Waals surface area contributed by atoms with E-state index in [1.165, 1.54) is 5.56 Å². The van der Waals surface area contributed by atoms with Crippen molar-refractivity contribution < 1.29 is 14.9 Å². The molecule has 0 saturated carbocycles. The van der Waals surface area contributed by atoms with Gasteiger partial charge >= 0.3 is 0 Å². The lowest BCUT2D eigenvalue weighted by atomic mass is 9.82. The summed E-state index contributed by atoms with van der Waals surface area (Å²) in [7, 11) is 0. The zero-order valence-electron chi connectivity index (χ0n) is 15.1. The fourth-order valence-electron chi connectivity index (χ4n) is 3.90. The highest BCUT2D eigenvalue weighted by molar-refractivity contribution is 5.56. The fraction of sp³-hybridized carbons (Fsp3) is 0.700. The number of aryl methyl sites for hydroxylation is 1. The van der Waals surface area contributed by atoms with Crippen molar-refractivity contribution in [1.29, 1.82) is 0 Å². The Morgan fingerprint density at radius 3 is 2.52 bits per heavy atom. The maximum absolute atomic E-state index is 10.5. The zero-order valence-corrected chi connectivity index (χ0v) is 15.1. The molecule has 1 unspecified atom stereocenters. The number of fused-ring (bicyclic) bond motifs is 1. The molecule has 0 aromatic heterocycles. The largest absolute Gasteiger partial charge is 0.508 e. The second-order valence-corrected chi connectivity index (χ2v) is 7.02. The van der Waals surface area contributed by atoms with Crippen molar-refractivity contribution in [2.45, 2.75) is 84.2 Å². The summed E-state index contributed by atoms with van der Waals surface area (Å²) in [5.41, 5.74) is 3.20. The van der Waals surface area contributed by atoms with Crippen molar-refractivity contribution in [2.24, 2.45) is 0 Å². The van der Waals surface area contributed by atoms with Crippen LogP contribution in [0, 0.1) is 0 Å². The number of phenolic OH excluding ortho intramolecular Hbond substituents is 1. The number of hydrogen-bond acceptors (Lipinski definition) is 3. The first-order chi connectivity index (χ1) is 11.0. The quantitative estimate of drug-likeness (QED) is 0.764. The number of aliphatic hydroxyl groups is 1. The number of benzene rings is 1. The molecule has 1 aliphatic rings. The van der Waals surface area contributed by atoms with Crippen molar-refractivity contribution in [3.05, 3.63) is 22.8 Å². The number of hydrogen-bond donors (Lipinski definition) is 2. The molecular formula is C20H32O3. The summed E-state index contributed by atoms with van der Waals surface area (Å²) < 4.78 is 6.51. The van der Waals surface area contributed by atoms with Gasteiger partial charge in [-0.3, -0.25) is 0 Å². The van der Waals surface area contributed by atoms with Crippen LogP contribution in [0.2, 0.25) is 0 Å². The molecule has 0 spiro atoms. The number of ether oxygens (including phenoxy) is 1. The average molecular weight is 320 g/mol. The van der Waals surface area contributed by atoms with Crippen LogP contribution in [0.4, 0.5) is 0 Å². The van der Waals surface area contributed by atoms with Gasteiger partial charge in [-0.1, -0.05) is 20.8 Å². The average Bonchev–Trinajstić information content (AvgIpc) is 2.55. The first kappa shape index (κ1) is 18.1. The molecule has 23 heavy (non-hydrogen) atoms. The lowest BCUT2D eigenvalue weighted by molar-refractivity contribution is 0.0471. The van der Waals surface area contributed by atoms with Crippen LogP contribution in [0.5, 0.6) is 11.5 Å². The maximum Gasteiger partial charge on any atom is 0.127 e. The molecule has 0 bridgehead atoms. The van der Waals surface area contributed by atoms with Gasteiger partial charge in [0.2, 0.25) is 0 Å². The molecular weight excluding hydrogens is 288 g/mol. The van der Waals surface area contributed by atoms with Crippen LogP contribution in [0.15, 0.2) is 6.07 Å². The summed E-state index contributed by atoms with van der Waals surface area (Å²) in [6.07, 6.45) is 6.43. The minimum Gasteiger partial charge on any atom is -0.508 e. The van der Waals surface area contributed by atoms with Gasteiger partial charge in [0.15, 0.2) is 0 Å². The van der Waals surface area contributed by atoms with Crippen LogP contribution in [0.25, 0.3) is 0 Å². The van der Waals surface area contributed by atoms with Crippen molar-refractivity contribution in [1.82, 2.24) is 0 Å². The van der Waals surface area contributed by atoms with Gasteiger partial charge in [-0.05, 0) is 69.4 Å². The molecule has 2 N–H and O–H groups in total. The molecule has 1 heterocycles. The maximum atomic E-state index is 10.5. The molecule has 1 aromatic rings. The van der Waals surface area contributed by atoms with E-state index in [2.05, 4.69) is 27.7 Å². The Balaban J connectivity index is 2.51. The SMILES string of the molecule is CCc1c(O)cc2c(c1C(CC)CC)OC(C)(CCCO)CC2. The summed E-state index contributed by atoms with van der Waals surface area (Å²) in [5.74, 6) is 1.86. The molecule has 3 heteroatoms. The van der Waals surface area contributed by atoms with Gasteiger partial charge in [0.05, 0.1) is 0 Å². The zero-order chi connectivity index (χ0) is 17.0. The summed E-state index contributed by atoms with van der Waals surface area (Å²) in [6.45, 7) is 8.87. The predicted octanol–water partition coefficient (Wildman–Crippen LogP) is 4.71. The van der Waals surface area contributed by atoms with E-state index in [0.29, 0.717) is 11.7 Å². The Morgan fingerprint density at radius 2 is 1.96 bits per heavy atom. The van der Waals surface area contributed by atoms with E-state index in [1.807, 2.05) is 6.07 Å². The lowest BCUT2D eigenvalue weighted by Gasteiger charge is -2.38. The van der Waals surface area contributed by atoms with Gasteiger partial charge in [0.1, 0.15) is 17.1 Å². The highest BCUT2D eigenvalue weighted by atomic mass is 16.5. The standard InChI is InChI=1S/C20H32O3/c1-5-14(6-2)18-16(7-3)17(22)13-15-9-11-20(4,10-8-12-21)23-19(15)18/h13-14,21-22H,5-12H2,1-4H3. The normalized spacial score (nSPS) is 20.4. The number of aliphatic hydroxyl groups excluding tert-OH is 1. The van der Waals surface area contributed by atoms with Gasteiger partial charge < -0.3 is 14.9 Å². The summed E-state index contributed by atoms with van der Waals surface area (Å²) in [6, 6.07) is 1.91. The first-order valence-corrected chi connectivity index (χ1v) is 9.17. The third-order valence-electron chi connectivity index (χ3n) is 5.36. The van der Waals surface area contributed by atoms with E-state index >= 15 is 0 Å². The second kappa shape index (κ2) is 7.57. The minimum atomic E-state index is -0.210. The summed E-state index contributed by atoms with van der Waals surface area (Å²) in [5, 5.41) is 19.6. The highest BCUT2D eigenvalue weighted by Gasteiger charge is 2.35. The number of phenols is 1. The molecule has 0 radical (unpaired) electrons. The first-order valence-electron chi connectivity index (χ1n) is 9.17. The van der Waals surface area contributed by atoms with E-state index in [9.17, 15) is 5.11 Å². The summed E-state index contributed by atoms with van der Waals surface area (Å²) >= 11 is 0. The van der Waals surface area contributed by atoms with Crippen LogP contribution in [0.3, 0.4) is 0 Å². The lowest BCUT2D eigenvalue weighted by Crippen LogP contribution is -2.37. The van der Waals surface area contributed by atoms with Gasteiger partial charge in [-0.2, -0.15) is 0 Å². The van der Waals surface area contributed by atoms with Crippen LogP contribution >= 0.6 is 0 Å². The number of aromatic hydroxyl groups is 1. The van der Waals surface area contributed by atoms with Crippen molar-refractivity contribution >= 4 is 0 Å².